The average Bonchev–Trinajstić information content (AvgIpc) is 2.80. The minimum atomic E-state index is 0.810. The van der Waals surface area contributed by atoms with Crippen molar-refractivity contribution in [1.82, 2.24) is 4.98 Å². The maximum Gasteiger partial charge on any atom is 0.203 e. The third-order valence-corrected chi connectivity index (χ3v) is 2.62. The largest absolute Gasteiger partial charge is 0.252 e. The highest BCUT2D eigenvalue weighted by atomic mass is 32.1. The van der Waals surface area contributed by atoms with Gasteiger partial charge in [-0.05, 0) is 12.5 Å². The van der Waals surface area contributed by atoms with Gasteiger partial charge in [0.2, 0.25) is 5.13 Å². The third-order valence-electron chi connectivity index (χ3n) is 1.94. The molecule has 0 saturated carbocycles. The minimum absolute atomic E-state index is 0.810. The van der Waals surface area contributed by atoms with Gasteiger partial charge in [0.15, 0.2) is 0 Å². The van der Waals surface area contributed by atoms with Gasteiger partial charge < -0.3 is 0 Å². The second-order valence-electron chi connectivity index (χ2n) is 3.01. The first-order valence-corrected chi connectivity index (χ1v) is 5.49. The molecular weight excluding hydrogens is 206 g/mol. The smallest absolute Gasteiger partial charge is 0.203 e. The first kappa shape index (κ1) is 9.86. The van der Waals surface area contributed by atoms with E-state index in [0.29, 0.717) is 0 Å². The van der Waals surface area contributed by atoms with E-state index in [4.69, 9.17) is 0 Å². The van der Waals surface area contributed by atoms with Crippen LogP contribution < -0.4 is 5.43 Å². The summed E-state index contributed by atoms with van der Waals surface area (Å²) in [5, 5.41) is 6.97. The SMILES string of the molecule is C/C(=N\Nc1nccs1)c1ccccc1. The first-order chi connectivity index (χ1) is 7.36. The zero-order valence-corrected chi connectivity index (χ0v) is 9.16. The zero-order chi connectivity index (χ0) is 10.5. The molecule has 1 aromatic heterocycles. The van der Waals surface area contributed by atoms with Crippen LogP contribution in [-0.2, 0) is 0 Å². The highest BCUT2D eigenvalue weighted by Gasteiger charge is 1.96. The van der Waals surface area contributed by atoms with E-state index in [1.54, 1.807) is 6.20 Å². The molecule has 76 valence electrons. The monoisotopic (exact) mass is 217 g/mol. The van der Waals surface area contributed by atoms with Gasteiger partial charge in [-0.3, -0.25) is 5.43 Å². The van der Waals surface area contributed by atoms with E-state index in [9.17, 15) is 0 Å². The van der Waals surface area contributed by atoms with Crippen LogP contribution in [0.25, 0.3) is 0 Å². The van der Waals surface area contributed by atoms with Crippen molar-refractivity contribution in [3.63, 3.8) is 0 Å². The molecule has 2 aromatic rings. The summed E-state index contributed by atoms with van der Waals surface area (Å²) in [5.41, 5.74) is 4.98. The van der Waals surface area contributed by atoms with Gasteiger partial charge in [0.25, 0.3) is 0 Å². The van der Waals surface area contributed by atoms with Gasteiger partial charge in [0, 0.05) is 11.6 Å². The van der Waals surface area contributed by atoms with E-state index in [0.717, 1.165) is 16.4 Å². The number of nitrogens with one attached hydrogen (secondary N) is 1. The molecule has 0 radical (unpaired) electrons. The first-order valence-electron chi connectivity index (χ1n) is 4.61. The van der Waals surface area contributed by atoms with Crippen LogP contribution in [0.15, 0.2) is 47.0 Å². The Morgan fingerprint density at radius 2 is 2.13 bits per heavy atom. The van der Waals surface area contributed by atoms with Gasteiger partial charge in [-0.15, -0.1) is 11.3 Å². The lowest BCUT2D eigenvalue weighted by Crippen LogP contribution is -1.98. The summed E-state index contributed by atoms with van der Waals surface area (Å²) in [6.07, 6.45) is 1.75. The molecule has 4 heteroatoms. The van der Waals surface area contributed by atoms with Crippen molar-refractivity contribution in [2.24, 2.45) is 5.10 Å². The Hall–Kier alpha value is -1.68. The molecule has 3 nitrogen and oxygen atoms in total. The summed E-state index contributed by atoms with van der Waals surface area (Å²) >= 11 is 1.53. The molecule has 0 spiro atoms. The van der Waals surface area contributed by atoms with Gasteiger partial charge >= 0.3 is 0 Å². The molecule has 15 heavy (non-hydrogen) atoms. The Morgan fingerprint density at radius 1 is 1.33 bits per heavy atom. The Balaban J connectivity index is 2.08. The number of hydrogen-bond donors (Lipinski definition) is 1. The molecule has 0 unspecified atom stereocenters. The molecular formula is C11H11N3S. The molecule has 0 amide bonds. The number of hydrazone groups is 1. The summed E-state index contributed by atoms with van der Waals surface area (Å²) in [7, 11) is 0. The van der Waals surface area contributed by atoms with Crippen LogP contribution in [-0.4, -0.2) is 10.7 Å². The van der Waals surface area contributed by atoms with Crippen LogP contribution in [0.4, 0.5) is 5.13 Å². The average molecular weight is 217 g/mol. The molecule has 0 atom stereocenters. The number of aromatic nitrogens is 1. The van der Waals surface area contributed by atoms with E-state index in [1.807, 2.05) is 42.6 Å². The van der Waals surface area contributed by atoms with Crippen molar-refractivity contribution >= 4 is 22.2 Å². The predicted molar refractivity (Wildman–Crippen MR) is 64.4 cm³/mol. The van der Waals surface area contributed by atoms with E-state index in [-0.39, 0.29) is 0 Å². The zero-order valence-electron chi connectivity index (χ0n) is 8.34. The highest BCUT2D eigenvalue weighted by Crippen LogP contribution is 2.10. The van der Waals surface area contributed by atoms with Crippen LogP contribution in [0, 0.1) is 0 Å². The summed E-state index contributed by atoms with van der Waals surface area (Å²) in [6.45, 7) is 1.97. The lowest BCUT2D eigenvalue weighted by atomic mass is 10.1. The van der Waals surface area contributed by atoms with Gasteiger partial charge in [-0.1, -0.05) is 30.3 Å². The third kappa shape index (κ3) is 2.63. The Morgan fingerprint density at radius 3 is 2.80 bits per heavy atom. The van der Waals surface area contributed by atoms with Crippen LogP contribution in [0.5, 0.6) is 0 Å². The van der Waals surface area contributed by atoms with Crippen molar-refractivity contribution in [2.75, 3.05) is 5.43 Å². The quantitative estimate of drug-likeness (QED) is 0.634. The standard InChI is InChI=1S/C11H11N3S/c1-9(10-5-3-2-4-6-10)13-14-11-12-7-8-15-11/h2-8H,1H3,(H,12,14)/b13-9+. The van der Waals surface area contributed by atoms with E-state index < -0.39 is 0 Å². The number of anilines is 1. The van der Waals surface area contributed by atoms with Crippen molar-refractivity contribution in [2.45, 2.75) is 6.92 Å². The maximum atomic E-state index is 4.25. The van der Waals surface area contributed by atoms with Crippen molar-refractivity contribution in [1.29, 1.82) is 0 Å². The lowest BCUT2D eigenvalue weighted by molar-refractivity contribution is 1.27. The topological polar surface area (TPSA) is 37.3 Å². The molecule has 0 aliphatic rings. The Labute approximate surface area is 92.5 Å². The fourth-order valence-corrected chi connectivity index (χ4v) is 1.62. The van der Waals surface area contributed by atoms with Gasteiger partial charge in [-0.2, -0.15) is 5.10 Å². The van der Waals surface area contributed by atoms with E-state index in [1.165, 1.54) is 11.3 Å². The molecule has 0 aliphatic carbocycles. The fraction of sp³-hybridized carbons (Fsp3) is 0.0909. The molecule has 0 bridgehead atoms. The molecule has 0 fully saturated rings. The Bertz CT molecular complexity index is 434. The van der Waals surface area contributed by atoms with Crippen LogP contribution in [0.1, 0.15) is 12.5 Å². The van der Waals surface area contributed by atoms with Crippen molar-refractivity contribution in [3.8, 4) is 0 Å². The van der Waals surface area contributed by atoms with Crippen LogP contribution in [0.2, 0.25) is 0 Å². The summed E-state index contributed by atoms with van der Waals surface area (Å²) < 4.78 is 0. The predicted octanol–water partition coefficient (Wildman–Crippen LogP) is 2.98. The van der Waals surface area contributed by atoms with Gasteiger partial charge in [-0.25, -0.2) is 4.98 Å². The summed E-state index contributed by atoms with van der Waals surface area (Å²) in [6, 6.07) is 10.0. The van der Waals surface area contributed by atoms with E-state index >= 15 is 0 Å². The number of benzene rings is 1. The van der Waals surface area contributed by atoms with Crippen LogP contribution in [0.3, 0.4) is 0 Å². The number of thiazole rings is 1. The molecule has 0 saturated heterocycles. The minimum Gasteiger partial charge on any atom is -0.252 e. The van der Waals surface area contributed by atoms with E-state index in [2.05, 4.69) is 15.5 Å². The van der Waals surface area contributed by atoms with Crippen molar-refractivity contribution < 1.29 is 0 Å². The Kier molecular flexibility index (Phi) is 3.09. The summed E-state index contributed by atoms with van der Waals surface area (Å²) in [4.78, 5) is 4.08. The second-order valence-corrected chi connectivity index (χ2v) is 3.91. The van der Waals surface area contributed by atoms with Gasteiger partial charge in [0.1, 0.15) is 0 Å². The highest BCUT2D eigenvalue weighted by molar-refractivity contribution is 7.13. The molecule has 1 aromatic carbocycles. The summed E-state index contributed by atoms with van der Waals surface area (Å²) in [5.74, 6) is 0. The number of nitrogens with zero attached hydrogens (tertiary/aromatic N) is 2. The normalized spacial score (nSPS) is 11.4. The number of hydrogen-bond acceptors (Lipinski definition) is 4. The molecule has 1 N–H and O–H groups in total. The van der Waals surface area contributed by atoms with Crippen LogP contribution >= 0.6 is 11.3 Å². The van der Waals surface area contributed by atoms with Crippen molar-refractivity contribution in [3.05, 3.63) is 47.5 Å². The van der Waals surface area contributed by atoms with Gasteiger partial charge in [0.05, 0.1) is 5.71 Å². The molecule has 1 heterocycles. The molecule has 2 rings (SSSR count). The number of rotatable bonds is 3. The lowest BCUT2D eigenvalue weighted by Gasteiger charge is -2.00. The fourth-order valence-electron chi connectivity index (χ4n) is 1.15. The molecule has 0 aliphatic heterocycles. The second kappa shape index (κ2) is 4.70. The maximum absolute atomic E-state index is 4.25.